The normalized spacial score (nSPS) is 30.2. The van der Waals surface area contributed by atoms with Crippen LogP contribution in [-0.2, 0) is 0 Å². The smallest absolute Gasteiger partial charge is 0.0571 e. The van der Waals surface area contributed by atoms with Gasteiger partial charge in [-0.15, -0.1) is 0 Å². The third-order valence-corrected chi connectivity index (χ3v) is 2.68. The molecule has 1 heteroatoms. The molecule has 1 rings (SSSR count). The summed E-state index contributed by atoms with van der Waals surface area (Å²) < 4.78 is 0. The maximum atomic E-state index is 9.51. The van der Waals surface area contributed by atoms with Crippen LogP contribution in [0.25, 0.3) is 0 Å². The van der Waals surface area contributed by atoms with Crippen molar-refractivity contribution in [2.75, 3.05) is 0 Å². The van der Waals surface area contributed by atoms with E-state index in [0.717, 1.165) is 12.8 Å². The Hall–Kier alpha value is -0.300. The van der Waals surface area contributed by atoms with Crippen LogP contribution in [0.5, 0.6) is 0 Å². The molecular formula is C11H20O. The summed E-state index contributed by atoms with van der Waals surface area (Å²) in [6.07, 6.45) is 11.4. The van der Waals surface area contributed by atoms with Gasteiger partial charge in [0.05, 0.1) is 6.10 Å². The highest BCUT2D eigenvalue weighted by Crippen LogP contribution is 2.28. The van der Waals surface area contributed by atoms with Gasteiger partial charge in [0, 0.05) is 0 Å². The fraction of sp³-hybridized carbons (Fsp3) is 0.818. The molecule has 0 bridgehead atoms. The zero-order valence-electron chi connectivity index (χ0n) is 8.00. The van der Waals surface area contributed by atoms with E-state index in [1.54, 1.807) is 0 Å². The van der Waals surface area contributed by atoms with E-state index in [0.29, 0.717) is 5.92 Å². The molecule has 1 aliphatic rings. The number of rotatable bonds is 4. The fourth-order valence-corrected chi connectivity index (χ4v) is 1.85. The van der Waals surface area contributed by atoms with Gasteiger partial charge in [0.15, 0.2) is 0 Å². The number of allylic oxidation sites excluding steroid dienone is 2. The Bertz CT molecular complexity index is 140. The van der Waals surface area contributed by atoms with Gasteiger partial charge in [-0.1, -0.05) is 31.9 Å². The molecule has 1 N–H and O–H groups in total. The second-order valence-corrected chi connectivity index (χ2v) is 3.75. The molecule has 1 nitrogen and oxygen atoms in total. The van der Waals surface area contributed by atoms with Gasteiger partial charge in [0.2, 0.25) is 0 Å². The van der Waals surface area contributed by atoms with Crippen molar-refractivity contribution in [1.29, 1.82) is 0 Å². The van der Waals surface area contributed by atoms with E-state index >= 15 is 0 Å². The van der Waals surface area contributed by atoms with Crippen molar-refractivity contribution in [3.8, 4) is 0 Å². The molecule has 70 valence electrons. The molecule has 0 aromatic rings. The Labute approximate surface area is 75.5 Å². The molecule has 1 saturated carbocycles. The lowest BCUT2D eigenvalue weighted by Crippen LogP contribution is -2.11. The van der Waals surface area contributed by atoms with Crippen LogP contribution in [0.2, 0.25) is 0 Å². The minimum Gasteiger partial charge on any atom is -0.393 e. The van der Waals surface area contributed by atoms with Crippen LogP contribution < -0.4 is 0 Å². The number of aliphatic hydroxyl groups is 1. The summed E-state index contributed by atoms with van der Waals surface area (Å²) in [5.74, 6) is 0.554. The fourth-order valence-electron chi connectivity index (χ4n) is 1.85. The molecule has 2 unspecified atom stereocenters. The number of aliphatic hydroxyl groups excluding tert-OH is 1. The van der Waals surface area contributed by atoms with Crippen molar-refractivity contribution in [3.63, 3.8) is 0 Å². The standard InChI is InChI=1S/C11H20O/c1-2-3-4-5-7-10-8-6-9-11(10)12/h4-5,10-12H,2-3,6-9H2,1H3/b5-4+. The van der Waals surface area contributed by atoms with E-state index in [4.69, 9.17) is 0 Å². The van der Waals surface area contributed by atoms with E-state index in [9.17, 15) is 5.11 Å². The molecule has 0 aromatic carbocycles. The van der Waals surface area contributed by atoms with Gasteiger partial charge in [-0.05, 0) is 31.6 Å². The number of unbranched alkanes of at least 4 members (excludes halogenated alkanes) is 1. The van der Waals surface area contributed by atoms with Crippen LogP contribution in [0.3, 0.4) is 0 Å². The first kappa shape index (κ1) is 9.79. The summed E-state index contributed by atoms with van der Waals surface area (Å²) in [6.45, 7) is 2.19. The Kier molecular flexibility index (Phi) is 4.37. The molecule has 1 aliphatic carbocycles. The summed E-state index contributed by atoms with van der Waals surface area (Å²) in [5, 5.41) is 9.51. The van der Waals surface area contributed by atoms with Crippen LogP contribution in [-0.4, -0.2) is 11.2 Å². The SMILES string of the molecule is CCC/C=C/CC1CCCC1O. The minimum absolute atomic E-state index is 0.0173. The van der Waals surface area contributed by atoms with Crippen LogP contribution in [0, 0.1) is 5.92 Å². The second kappa shape index (κ2) is 5.36. The Morgan fingerprint density at radius 3 is 2.75 bits per heavy atom. The monoisotopic (exact) mass is 168 g/mol. The lowest BCUT2D eigenvalue weighted by atomic mass is 10.0. The molecular weight excluding hydrogens is 148 g/mol. The van der Waals surface area contributed by atoms with Gasteiger partial charge < -0.3 is 5.11 Å². The third-order valence-electron chi connectivity index (χ3n) is 2.68. The predicted octanol–water partition coefficient (Wildman–Crippen LogP) is 2.89. The van der Waals surface area contributed by atoms with Crippen molar-refractivity contribution >= 4 is 0 Å². The molecule has 0 amide bonds. The van der Waals surface area contributed by atoms with Crippen LogP contribution in [0.4, 0.5) is 0 Å². The van der Waals surface area contributed by atoms with Crippen LogP contribution >= 0.6 is 0 Å². The Morgan fingerprint density at radius 1 is 1.33 bits per heavy atom. The Morgan fingerprint density at radius 2 is 2.17 bits per heavy atom. The van der Waals surface area contributed by atoms with E-state index in [1.807, 2.05) is 0 Å². The Balaban J connectivity index is 2.13. The highest BCUT2D eigenvalue weighted by atomic mass is 16.3. The topological polar surface area (TPSA) is 20.2 Å². The highest BCUT2D eigenvalue weighted by Gasteiger charge is 2.23. The summed E-state index contributed by atoms with van der Waals surface area (Å²) in [6, 6.07) is 0. The summed E-state index contributed by atoms with van der Waals surface area (Å²) >= 11 is 0. The average molecular weight is 168 g/mol. The quantitative estimate of drug-likeness (QED) is 0.640. The van der Waals surface area contributed by atoms with E-state index < -0.39 is 0 Å². The summed E-state index contributed by atoms with van der Waals surface area (Å²) in [4.78, 5) is 0. The molecule has 0 radical (unpaired) electrons. The molecule has 0 heterocycles. The molecule has 2 atom stereocenters. The van der Waals surface area contributed by atoms with Gasteiger partial charge in [0.25, 0.3) is 0 Å². The predicted molar refractivity (Wildman–Crippen MR) is 52.0 cm³/mol. The zero-order valence-corrected chi connectivity index (χ0v) is 8.00. The molecule has 12 heavy (non-hydrogen) atoms. The van der Waals surface area contributed by atoms with Crippen LogP contribution in [0.15, 0.2) is 12.2 Å². The average Bonchev–Trinajstić information content (AvgIpc) is 2.46. The first-order valence-corrected chi connectivity index (χ1v) is 5.17. The molecule has 0 spiro atoms. The molecule has 1 fully saturated rings. The summed E-state index contributed by atoms with van der Waals surface area (Å²) in [5.41, 5.74) is 0. The first-order valence-electron chi connectivity index (χ1n) is 5.17. The number of hydrogen-bond acceptors (Lipinski definition) is 1. The van der Waals surface area contributed by atoms with Crippen molar-refractivity contribution in [3.05, 3.63) is 12.2 Å². The van der Waals surface area contributed by atoms with E-state index in [1.165, 1.54) is 25.7 Å². The van der Waals surface area contributed by atoms with Crippen LogP contribution in [0.1, 0.15) is 45.4 Å². The van der Waals surface area contributed by atoms with Crippen molar-refractivity contribution < 1.29 is 5.11 Å². The van der Waals surface area contributed by atoms with Gasteiger partial charge in [0.1, 0.15) is 0 Å². The highest BCUT2D eigenvalue weighted by molar-refractivity contribution is 4.88. The number of hydrogen-bond donors (Lipinski definition) is 1. The van der Waals surface area contributed by atoms with Gasteiger partial charge in [-0.3, -0.25) is 0 Å². The van der Waals surface area contributed by atoms with Gasteiger partial charge >= 0.3 is 0 Å². The maximum absolute atomic E-state index is 9.51. The summed E-state index contributed by atoms with van der Waals surface area (Å²) in [7, 11) is 0. The lowest BCUT2D eigenvalue weighted by Gasteiger charge is -2.10. The second-order valence-electron chi connectivity index (χ2n) is 3.75. The zero-order chi connectivity index (χ0) is 8.81. The first-order chi connectivity index (χ1) is 5.84. The van der Waals surface area contributed by atoms with Gasteiger partial charge in [-0.25, -0.2) is 0 Å². The minimum atomic E-state index is -0.0173. The van der Waals surface area contributed by atoms with Crippen molar-refractivity contribution in [1.82, 2.24) is 0 Å². The lowest BCUT2D eigenvalue weighted by molar-refractivity contribution is 0.134. The van der Waals surface area contributed by atoms with E-state index in [2.05, 4.69) is 19.1 Å². The van der Waals surface area contributed by atoms with E-state index in [-0.39, 0.29) is 6.10 Å². The largest absolute Gasteiger partial charge is 0.393 e. The maximum Gasteiger partial charge on any atom is 0.0571 e. The molecule has 0 saturated heterocycles. The third kappa shape index (κ3) is 2.98. The van der Waals surface area contributed by atoms with Crippen molar-refractivity contribution in [2.24, 2.45) is 5.92 Å². The molecule has 0 aromatic heterocycles. The molecule has 0 aliphatic heterocycles. The van der Waals surface area contributed by atoms with Gasteiger partial charge in [-0.2, -0.15) is 0 Å². The van der Waals surface area contributed by atoms with Crippen molar-refractivity contribution in [2.45, 2.75) is 51.6 Å².